The zero-order valence-electron chi connectivity index (χ0n) is 17.4. The smallest absolute Gasteiger partial charge is 0.183 e. The van der Waals surface area contributed by atoms with Crippen molar-refractivity contribution < 1.29 is 8.42 Å². The summed E-state index contributed by atoms with van der Waals surface area (Å²) in [5.74, 6) is 1.03. The molecular formula is C20H32N4O2S. The van der Waals surface area contributed by atoms with Crippen molar-refractivity contribution in [2.75, 3.05) is 40.8 Å². The molecule has 1 aliphatic rings. The molecule has 1 aromatic heterocycles. The van der Waals surface area contributed by atoms with E-state index in [2.05, 4.69) is 44.3 Å². The van der Waals surface area contributed by atoms with Gasteiger partial charge in [-0.3, -0.25) is 0 Å². The molecule has 27 heavy (non-hydrogen) atoms. The van der Waals surface area contributed by atoms with Crippen molar-refractivity contribution in [3.05, 3.63) is 24.0 Å². The van der Waals surface area contributed by atoms with Gasteiger partial charge < -0.3 is 14.4 Å². The van der Waals surface area contributed by atoms with E-state index < -0.39 is 9.84 Å². The molecule has 7 heteroatoms. The number of benzene rings is 1. The van der Waals surface area contributed by atoms with E-state index in [1.54, 1.807) is 12.1 Å². The summed E-state index contributed by atoms with van der Waals surface area (Å²) in [5.41, 5.74) is 1.91. The average molecular weight is 393 g/mol. The molecule has 0 spiro atoms. The molecule has 0 amide bonds. The van der Waals surface area contributed by atoms with Gasteiger partial charge >= 0.3 is 0 Å². The Balaban J connectivity index is 2.01. The van der Waals surface area contributed by atoms with Crippen molar-refractivity contribution in [1.29, 1.82) is 0 Å². The summed E-state index contributed by atoms with van der Waals surface area (Å²) >= 11 is 0. The highest BCUT2D eigenvalue weighted by Gasteiger charge is 2.36. The number of sulfone groups is 1. The van der Waals surface area contributed by atoms with Crippen LogP contribution in [0.1, 0.15) is 26.6 Å². The topological polar surface area (TPSA) is 58.4 Å². The Morgan fingerprint density at radius 3 is 2.44 bits per heavy atom. The normalized spacial score (nSPS) is 17.0. The van der Waals surface area contributed by atoms with Gasteiger partial charge in [0.1, 0.15) is 5.82 Å². The second-order valence-corrected chi connectivity index (χ2v) is 11.5. The molecule has 6 nitrogen and oxygen atoms in total. The van der Waals surface area contributed by atoms with Crippen molar-refractivity contribution in [3.63, 3.8) is 0 Å². The van der Waals surface area contributed by atoms with Crippen molar-refractivity contribution in [2.24, 2.45) is 5.41 Å². The quantitative estimate of drug-likeness (QED) is 0.755. The minimum Gasteiger partial charge on any atom is -0.327 e. The van der Waals surface area contributed by atoms with E-state index >= 15 is 0 Å². The summed E-state index contributed by atoms with van der Waals surface area (Å²) in [6.07, 6.45) is 0.852. The second kappa shape index (κ2) is 7.18. The summed E-state index contributed by atoms with van der Waals surface area (Å²) in [6.45, 7) is 9.56. The van der Waals surface area contributed by atoms with E-state index in [0.29, 0.717) is 18.0 Å². The van der Waals surface area contributed by atoms with E-state index in [4.69, 9.17) is 4.98 Å². The fourth-order valence-electron chi connectivity index (χ4n) is 3.53. The number of hydrogen-bond acceptors (Lipinski definition) is 5. The highest BCUT2D eigenvalue weighted by Crippen LogP contribution is 2.28. The molecule has 1 aromatic carbocycles. The first-order chi connectivity index (χ1) is 12.5. The molecule has 0 N–H and O–H groups in total. The monoisotopic (exact) mass is 392 g/mol. The third kappa shape index (κ3) is 4.36. The largest absolute Gasteiger partial charge is 0.327 e. The molecule has 0 atom stereocenters. The maximum Gasteiger partial charge on any atom is 0.183 e. The number of nitrogens with zero attached hydrogens (tertiary/aromatic N) is 4. The lowest BCUT2D eigenvalue weighted by atomic mass is 9.92. The van der Waals surface area contributed by atoms with Gasteiger partial charge in [0.15, 0.2) is 9.84 Å². The first-order valence-electron chi connectivity index (χ1n) is 9.54. The summed E-state index contributed by atoms with van der Waals surface area (Å²) in [5, 5.41) is -0.301. The molecule has 150 valence electrons. The van der Waals surface area contributed by atoms with Crippen LogP contribution >= 0.6 is 0 Å². The Bertz CT molecular complexity index is 919. The highest BCUT2D eigenvalue weighted by atomic mass is 32.2. The average Bonchev–Trinajstić information content (AvgIpc) is 2.83. The molecule has 0 aliphatic carbocycles. The molecular weight excluding hydrogens is 360 g/mol. The molecule has 0 radical (unpaired) electrons. The third-order valence-electron chi connectivity index (χ3n) is 5.06. The Labute approximate surface area is 163 Å². The zero-order chi connectivity index (χ0) is 20.0. The number of likely N-dealkylation sites (N-methyl/N-ethyl adjacent to an activating group) is 1. The van der Waals surface area contributed by atoms with Crippen LogP contribution in [0.3, 0.4) is 0 Å². The SMILES string of the molecule is CN(C)CCn1c(CC(C)(C)C)nc2cc(S(=O)(=O)C3CN(C)C3)ccc21. The van der Waals surface area contributed by atoms with Crippen LogP contribution in [0.15, 0.2) is 23.1 Å². The van der Waals surface area contributed by atoms with Gasteiger partial charge in [-0.2, -0.15) is 0 Å². The van der Waals surface area contributed by atoms with Gasteiger partial charge in [-0.05, 0) is 44.8 Å². The standard InChI is InChI=1S/C20H32N4O2S/c1-20(2,3)12-19-21-17-11-15(27(25,26)16-13-23(6)14-16)7-8-18(17)24(19)10-9-22(4)5/h7-8,11,16H,9-10,12-14H2,1-6H3. The van der Waals surface area contributed by atoms with Crippen molar-refractivity contribution in [1.82, 2.24) is 19.4 Å². The Morgan fingerprint density at radius 1 is 1.22 bits per heavy atom. The Kier molecular flexibility index (Phi) is 5.40. The fraction of sp³-hybridized carbons (Fsp3) is 0.650. The van der Waals surface area contributed by atoms with Gasteiger partial charge in [-0.25, -0.2) is 13.4 Å². The van der Waals surface area contributed by atoms with Crippen LogP contribution in [-0.2, 0) is 22.8 Å². The van der Waals surface area contributed by atoms with Crippen LogP contribution in [0.2, 0.25) is 0 Å². The maximum absolute atomic E-state index is 12.9. The maximum atomic E-state index is 12.9. The molecule has 0 unspecified atom stereocenters. The van der Waals surface area contributed by atoms with Crippen LogP contribution in [0.25, 0.3) is 11.0 Å². The molecule has 2 aromatic rings. The molecule has 0 bridgehead atoms. The zero-order valence-corrected chi connectivity index (χ0v) is 18.2. The van der Waals surface area contributed by atoms with E-state index in [1.807, 2.05) is 18.0 Å². The van der Waals surface area contributed by atoms with E-state index in [9.17, 15) is 8.42 Å². The Hall–Kier alpha value is -1.44. The first-order valence-corrected chi connectivity index (χ1v) is 11.1. The first kappa shape index (κ1) is 20.3. The van der Waals surface area contributed by atoms with Gasteiger partial charge in [-0.1, -0.05) is 20.8 Å². The fourth-order valence-corrected chi connectivity index (χ4v) is 5.35. The number of hydrogen-bond donors (Lipinski definition) is 0. The van der Waals surface area contributed by atoms with Crippen LogP contribution in [0, 0.1) is 5.41 Å². The predicted molar refractivity (Wildman–Crippen MR) is 110 cm³/mol. The van der Waals surface area contributed by atoms with Crippen LogP contribution < -0.4 is 0 Å². The summed E-state index contributed by atoms with van der Waals surface area (Å²) in [7, 11) is 2.77. The minimum absolute atomic E-state index is 0.114. The van der Waals surface area contributed by atoms with Gasteiger partial charge in [0.2, 0.25) is 0 Å². The van der Waals surface area contributed by atoms with Crippen molar-refractivity contribution in [3.8, 4) is 0 Å². The van der Waals surface area contributed by atoms with Crippen molar-refractivity contribution >= 4 is 20.9 Å². The van der Waals surface area contributed by atoms with Crippen molar-refractivity contribution in [2.45, 2.75) is 43.9 Å². The van der Waals surface area contributed by atoms with Gasteiger partial charge in [-0.15, -0.1) is 0 Å². The van der Waals surface area contributed by atoms with Crippen LogP contribution in [0.4, 0.5) is 0 Å². The number of rotatable bonds is 6. The van der Waals surface area contributed by atoms with Crippen LogP contribution in [0.5, 0.6) is 0 Å². The molecule has 1 aliphatic heterocycles. The number of aromatic nitrogens is 2. The number of imidazole rings is 1. The van der Waals surface area contributed by atoms with E-state index in [1.165, 1.54) is 0 Å². The lowest BCUT2D eigenvalue weighted by Crippen LogP contribution is -2.52. The molecule has 3 rings (SSSR count). The number of likely N-dealkylation sites (tertiary alicyclic amines) is 1. The van der Waals surface area contributed by atoms with Gasteiger partial charge in [0, 0.05) is 32.6 Å². The Morgan fingerprint density at radius 2 is 1.89 bits per heavy atom. The lowest BCUT2D eigenvalue weighted by Gasteiger charge is -2.35. The molecule has 2 heterocycles. The van der Waals surface area contributed by atoms with Gasteiger partial charge in [0.25, 0.3) is 0 Å². The van der Waals surface area contributed by atoms with E-state index in [-0.39, 0.29) is 10.7 Å². The van der Waals surface area contributed by atoms with Gasteiger partial charge in [0.05, 0.1) is 21.2 Å². The second-order valence-electron chi connectivity index (χ2n) is 9.26. The lowest BCUT2D eigenvalue weighted by molar-refractivity contribution is 0.232. The predicted octanol–water partition coefficient (Wildman–Crippen LogP) is 2.27. The summed E-state index contributed by atoms with van der Waals surface area (Å²) in [4.78, 5) is 9.41. The third-order valence-corrected chi connectivity index (χ3v) is 7.14. The van der Waals surface area contributed by atoms with E-state index in [0.717, 1.165) is 36.4 Å². The van der Waals surface area contributed by atoms with Crippen LogP contribution in [-0.4, -0.2) is 73.8 Å². The molecule has 1 fully saturated rings. The minimum atomic E-state index is -3.29. The highest BCUT2D eigenvalue weighted by molar-refractivity contribution is 7.92. The summed E-state index contributed by atoms with van der Waals surface area (Å²) < 4.78 is 28.0. The summed E-state index contributed by atoms with van der Waals surface area (Å²) in [6, 6.07) is 5.45. The molecule has 0 saturated carbocycles. The molecule has 1 saturated heterocycles. The number of fused-ring (bicyclic) bond motifs is 1.